The highest BCUT2D eigenvalue weighted by Gasteiger charge is 2.25. The SMILES string of the molecule is CC(C)(C)/C(C[C@H](Sc1ccccc1)c1ccccc1)=N\O. The molecular weight excluding hydrogens is 290 g/mol. The van der Waals surface area contributed by atoms with Crippen LogP contribution in [0.3, 0.4) is 0 Å². The fourth-order valence-corrected chi connectivity index (χ4v) is 3.41. The van der Waals surface area contributed by atoms with Gasteiger partial charge in [0.05, 0.1) is 5.71 Å². The highest BCUT2D eigenvalue weighted by Crippen LogP contribution is 2.39. The minimum atomic E-state index is -0.140. The van der Waals surface area contributed by atoms with E-state index in [1.807, 2.05) is 23.9 Å². The molecule has 0 saturated heterocycles. The van der Waals surface area contributed by atoms with Crippen LogP contribution in [0.25, 0.3) is 0 Å². The molecule has 2 nitrogen and oxygen atoms in total. The molecule has 0 bridgehead atoms. The van der Waals surface area contributed by atoms with Crippen molar-refractivity contribution < 1.29 is 5.21 Å². The average molecular weight is 313 g/mol. The quantitative estimate of drug-likeness (QED) is 0.328. The molecule has 116 valence electrons. The van der Waals surface area contributed by atoms with Gasteiger partial charge in [-0.3, -0.25) is 0 Å². The van der Waals surface area contributed by atoms with Crippen molar-refractivity contribution in [3.63, 3.8) is 0 Å². The summed E-state index contributed by atoms with van der Waals surface area (Å²) in [5.41, 5.74) is 1.94. The normalized spacial score (nSPS) is 13.9. The maximum absolute atomic E-state index is 9.40. The highest BCUT2D eigenvalue weighted by atomic mass is 32.2. The van der Waals surface area contributed by atoms with Crippen LogP contribution in [0.5, 0.6) is 0 Å². The number of benzene rings is 2. The maximum Gasteiger partial charge on any atom is 0.0638 e. The van der Waals surface area contributed by atoms with Crippen molar-refractivity contribution in [2.45, 2.75) is 37.3 Å². The van der Waals surface area contributed by atoms with Crippen molar-refractivity contribution >= 4 is 17.5 Å². The molecule has 0 amide bonds. The van der Waals surface area contributed by atoms with Crippen LogP contribution in [0, 0.1) is 5.41 Å². The van der Waals surface area contributed by atoms with Crippen LogP contribution in [-0.4, -0.2) is 10.9 Å². The number of hydrogen-bond acceptors (Lipinski definition) is 3. The first-order chi connectivity index (χ1) is 10.5. The number of nitrogens with zero attached hydrogens (tertiary/aromatic N) is 1. The van der Waals surface area contributed by atoms with E-state index in [0.717, 1.165) is 12.1 Å². The molecule has 0 aliphatic heterocycles. The first-order valence-corrected chi connectivity index (χ1v) is 8.36. The molecule has 0 fully saturated rings. The Bertz CT molecular complexity index is 602. The maximum atomic E-state index is 9.40. The number of thioether (sulfide) groups is 1. The Kier molecular flexibility index (Phi) is 5.67. The lowest BCUT2D eigenvalue weighted by atomic mass is 9.86. The van der Waals surface area contributed by atoms with Crippen molar-refractivity contribution in [1.82, 2.24) is 0 Å². The molecule has 0 saturated carbocycles. The predicted octanol–water partition coefficient (Wildman–Crippen LogP) is 5.79. The number of oxime groups is 1. The summed E-state index contributed by atoms with van der Waals surface area (Å²) in [5.74, 6) is 0. The van der Waals surface area contributed by atoms with Crippen LogP contribution < -0.4 is 0 Å². The summed E-state index contributed by atoms with van der Waals surface area (Å²) in [4.78, 5) is 1.22. The van der Waals surface area contributed by atoms with E-state index in [-0.39, 0.29) is 10.7 Å². The van der Waals surface area contributed by atoms with Gasteiger partial charge in [-0.1, -0.05) is 74.5 Å². The molecule has 22 heavy (non-hydrogen) atoms. The Morgan fingerprint density at radius 2 is 1.55 bits per heavy atom. The monoisotopic (exact) mass is 313 g/mol. The molecule has 0 spiro atoms. The molecule has 2 aromatic rings. The van der Waals surface area contributed by atoms with Gasteiger partial charge in [0.2, 0.25) is 0 Å². The zero-order chi connectivity index (χ0) is 16.0. The van der Waals surface area contributed by atoms with Gasteiger partial charge in [-0.2, -0.15) is 0 Å². The van der Waals surface area contributed by atoms with Crippen LogP contribution in [-0.2, 0) is 0 Å². The van der Waals surface area contributed by atoms with E-state index >= 15 is 0 Å². The molecule has 0 radical (unpaired) electrons. The van der Waals surface area contributed by atoms with Gasteiger partial charge in [0.25, 0.3) is 0 Å². The van der Waals surface area contributed by atoms with Gasteiger partial charge in [0, 0.05) is 22.0 Å². The van der Waals surface area contributed by atoms with Crippen LogP contribution >= 0.6 is 11.8 Å². The summed E-state index contributed by atoms with van der Waals surface area (Å²) < 4.78 is 0. The lowest BCUT2D eigenvalue weighted by molar-refractivity contribution is 0.308. The van der Waals surface area contributed by atoms with E-state index in [0.29, 0.717) is 0 Å². The van der Waals surface area contributed by atoms with Crippen molar-refractivity contribution in [1.29, 1.82) is 0 Å². The molecule has 0 aliphatic carbocycles. The summed E-state index contributed by atoms with van der Waals surface area (Å²) in [6.07, 6.45) is 0.726. The third-order valence-electron chi connectivity index (χ3n) is 3.56. The van der Waals surface area contributed by atoms with Gasteiger partial charge in [-0.05, 0) is 17.7 Å². The zero-order valence-corrected chi connectivity index (χ0v) is 14.2. The summed E-state index contributed by atoms with van der Waals surface area (Å²) in [5, 5.41) is 13.2. The molecule has 2 aromatic carbocycles. The van der Waals surface area contributed by atoms with Crippen molar-refractivity contribution in [2.24, 2.45) is 10.6 Å². The Hall–Kier alpha value is -1.74. The largest absolute Gasteiger partial charge is 0.411 e. The summed E-state index contributed by atoms with van der Waals surface area (Å²) in [6.45, 7) is 6.24. The fourth-order valence-electron chi connectivity index (χ4n) is 2.23. The third kappa shape index (κ3) is 4.63. The Balaban J connectivity index is 2.26. The molecule has 1 atom stereocenters. The third-order valence-corrected chi connectivity index (χ3v) is 4.83. The van der Waals surface area contributed by atoms with E-state index in [1.165, 1.54) is 10.5 Å². The second-order valence-corrected chi connectivity index (χ2v) is 7.61. The predicted molar refractivity (Wildman–Crippen MR) is 94.8 cm³/mol. The van der Waals surface area contributed by atoms with E-state index in [9.17, 15) is 5.21 Å². The fraction of sp³-hybridized carbons (Fsp3) is 0.316. The lowest BCUT2D eigenvalue weighted by Crippen LogP contribution is -2.22. The van der Waals surface area contributed by atoms with Crippen LogP contribution in [0.4, 0.5) is 0 Å². The second kappa shape index (κ2) is 7.50. The van der Waals surface area contributed by atoms with Crippen LogP contribution in [0.15, 0.2) is 70.7 Å². The van der Waals surface area contributed by atoms with Crippen molar-refractivity contribution in [3.8, 4) is 0 Å². The van der Waals surface area contributed by atoms with Gasteiger partial charge in [0.1, 0.15) is 0 Å². The Morgan fingerprint density at radius 1 is 1.00 bits per heavy atom. The minimum absolute atomic E-state index is 0.140. The van der Waals surface area contributed by atoms with Gasteiger partial charge in [0.15, 0.2) is 0 Å². The van der Waals surface area contributed by atoms with E-state index in [4.69, 9.17) is 0 Å². The average Bonchev–Trinajstić information content (AvgIpc) is 2.52. The Morgan fingerprint density at radius 3 is 2.05 bits per heavy atom. The summed E-state index contributed by atoms with van der Waals surface area (Å²) in [6, 6.07) is 20.8. The molecule has 0 unspecified atom stereocenters. The van der Waals surface area contributed by atoms with E-state index < -0.39 is 0 Å². The van der Waals surface area contributed by atoms with Gasteiger partial charge >= 0.3 is 0 Å². The second-order valence-electron chi connectivity index (χ2n) is 6.33. The number of rotatable bonds is 5. The molecule has 2 rings (SSSR count). The Labute approximate surface area is 137 Å². The molecule has 0 aromatic heterocycles. The number of hydrogen-bond donors (Lipinski definition) is 1. The van der Waals surface area contributed by atoms with Crippen LogP contribution in [0.2, 0.25) is 0 Å². The highest BCUT2D eigenvalue weighted by molar-refractivity contribution is 7.99. The standard InChI is InChI=1S/C19H23NOS/c1-19(2,3)18(20-21)14-17(15-10-6-4-7-11-15)22-16-12-8-5-9-13-16/h4-13,17,21H,14H2,1-3H3/b20-18-/t17-/m0/s1. The first kappa shape index (κ1) is 16.6. The van der Waals surface area contributed by atoms with Gasteiger partial charge in [-0.25, -0.2) is 0 Å². The smallest absolute Gasteiger partial charge is 0.0638 e. The lowest BCUT2D eigenvalue weighted by Gasteiger charge is -2.24. The topological polar surface area (TPSA) is 32.6 Å². The first-order valence-electron chi connectivity index (χ1n) is 7.49. The van der Waals surface area contributed by atoms with Crippen LogP contribution in [0.1, 0.15) is 38.0 Å². The van der Waals surface area contributed by atoms with Gasteiger partial charge in [-0.15, -0.1) is 11.8 Å². The van der Waals surface area contributed by atoms with Crippen molar-refractivity contribution in [3.05, 3.63) is 66.2 Å². The molecule has 3 heteroatoms. The van der Waals surface area contributed by atoms with E-state index in [1.54, 1.807) is 0 Å². The summed E-state index contributed by atoms with van der Waals surface area (Å²) >= 11 is 1.81. The summed E-state index contributed by atoms with van der Waals surface area (Å²) in [7, 11) is 0. The molecule has 0 aliphatic rings. The molecule has 0 heterocycles. The molecular formula is C19H23NOS. The van der Waals surface area contributed by atoms with E-state index in [2.05, 4.69) is 74.5 Å². The zero-order valence-electron chi connectivity index (χ0n) is 13.4. The minimum Gasteiger partial charge on any atom is -0.411 e. The van der Waals surface area contributed by atoms with Crippen molar-refractivity contribution in [2.75, 3.05) is 0 Å². The van der Waals surface area contributed by atoms with Gasteiger partial charge < -0.3 is 5.21 Å². The molecule has 1 N–H and O–H groups in total.